The summed E-state index contributed by atoms with van der Waals surface area (Å²) >= 11 is 0. The zero-order chi connectivity index (χ0) is 29.6. The highest BCUT2D eigenvalue weighted by Crippen LogP contribution is 2.20. The van der Waals surface area contributed by atoms with Crippen LogP contribution in [0.15, 0.2) is 4.99 Å². The first-order chi connectivity index (χ1) is 16.7. The van der Waals surface area contributed by atoms with E-state index in [4.69, 9.17) is 31.6 Å². The fourth-order valence-corrected chi connectivity index (χ4v) is 2.25. The standard InChI is InChI=1S/C15H25F3N6O6.C2HF3O2/c1-7(25)23-8(3-2-4-21-14(19)20)12(28)22-6-10(15(16,17)18)24-9(13(29)30)5-11(26)27;3-2(4,5)1(6)7/h8-10,24H,2-6H2,1H3,(H,22,28)(H,23,25)(H,26,27)(H,29,30)(H4,19,20,21);(H,6,7)/t8-,9-,10-;/m0./s1. The van der Waals surface area contributed by atoms with Gasteiger partial charge in [0.1, 0.15) is 18.1 Å². The number of carbonyl (C=O) groups is 5. The first-order valence-electron chi connectivity index (χ1n) is 9.86. The molecule has 0 spiro atoms. The van der Waals surface area contributed by atoms with E-state index in [0.717, 1.165) is 6.92 Å². The number of aliphatic imine (C=N–C) groups is 1. The highest BCUT2D eigenvalue weighted by molar-refractivity contribution is 5.86. The number of carbonyl (C=O) groups excluding carboxylic acids is 2. The second-order valence-electron chi connectivity index (χ2n) is 7.00. The quantitative estimate of drug-likeness (QED) is 0.0576. The van der Waals surface area contributed by atoms with Crippen molar-refractivity contribution in [3.8, 4) is 0 Å². The third-order valence-electron chi connectivity index (χ3n) is 3.84. The van der Waals surface area contributed by atoms with Gasteiger partial charge in [0, 0.05) is 20.0 Å². The van der Waals surface area contributed by atoms with Crippen LogP contribution < -0.4 is 27.4 Å². The van der Waals surface area contributed by atoms with Gasteiger partial charge in [0.05, 0.1) is 6.42 Å². The Hall–Kier alpha value is -3.84. The summed E-state index contributed by atoms with van der Waals surface area (Å²) in [5.41, 5.74) is 10.3. The topological polar surface area (TPSA) is 247 Å². The molecule has 0 aliphatic heterocycles. The molecule has 0 aliphatic rings. The van der Waals surface area contributed by atoms with Gasteiger partial charge in [-0.2, -0.15) is 26.3 Å². The van der Waals surface area contributed by atoms with Crippen LogP contribution in [0.1, 0.15) is 26.2 Å². The average Bonchev–Trinajstić information content (AvgIpc) is 2.70. The number of carboxylic acids is 3. The zero-order valence-corrected chi connectivity index (χ0v) is 19.0. The Morgan fingerprint density at radius 1 is 0.946 bits per heavy atom. The lowest BCUT2D eigenvalue weighted by molar-refractivity contribution is -0.192. The first-order valence-corrected chi connectivity index (χ1v) is 9.86. The van der Waals surface area contributed by atoms with E-state index in [1.807, 2.05) is 5.32 Å². The number of nitrogens with two attached hydrogens (primary N) is 2. The molecule has 3 atom stereocenters. The van der Waals surface area contributed by atoms with Crippen molar-refractivity contribution < 1.29 is 65.6 Å². The van der Waals surface area contributed by atoms with Gasteiger partial charge in [-0.3, -0.25) is 29.5 Å². The van der Waals surface area contributed by atoms with Crippen molar-refractivity contribution in [1.29, 1.82) is 0 Å². The molecule has 10 N–H and O–H groups in total. The summed E-state index contributed by atoms with van der Waals surface area (Å²) in [7, 11) is 0. The largest absolute Gasteiger partial charge is 0.490 e. The monoisotopic (exact) mass is 556 g/mol. The van der Waals surface area contributed by atoms with Crippen LogP contribution in [0.2, 0.25) is 0 Å². The van der Waals surface area contributed by atoms with Crippen LogP contribution in [0.3, 0.4) is 0 Å². The molecule has 0 unspecified atom stereocenters. The molecule has 14 nitrogen and oxygen atoms in total. The smallest absolute Gasteiger partial charge is 0.481 e. The van der Waals surface area contributed by atoms with Gasteiger partial charge in [-0.1, -0.05) is 0 Å². The maximum atomic E-state index is 13.2. The Morgan fingerprint density at radius 2 is 1.46 bits per heavy atom. The zero-order valence-electron chi connectivity index (χ0n) is 19.0. The summed E-state index contributed by atoms with van der Waals surface area (Å²) < 4.78 is 71.4. The number of rotatable bonds is 13. The lowest BCUT2D eigenvalue weighted by atomic mass is 10.1. The van der Waals surface area contributed by atoms with Crippen LogP contribution in [-0.2, 0) is 24.0 Å². The minimum atomic E-state index is -5.08. The molecule has 214 valence electrons. The molecule has 20 heteroatoms. The van der Waals surface area contributed by atoms with E-state index < -0.39 is 73.2 Å². The van der Waals surface area contributed by atoms with E-state index in [1.54, 1.807) is 5.32 Å². The number of halogens is 6. The third kappa shape index (κ3) is 18.1. The van der Waals surface area contributed by atoms with E-state index in [-0.39, 0.29) is 25.3 Å². The lowest BCUT2D eigenvalue weighted by Gasteiger charge is -2.26. The van der Waals surface area contributed by atoms with Crippen molar-refractivity contribution in [2.45, 2.75) is 56.7 Å². The molecule has 0 heterocycles. The maximum Gasteiger partial charge on any atom is 0.490 e. The van der Waals surface area contributed by atoms with Crippen molar-refractivity contribution in [3.63, 3.8) is 0 Å². The van der Waals surface area contributed by atoms with Crippen LogP contribution in [0.25, 0.3) is 0 Å². The average molecular weight is 556 g/mol. The first kappa shape index (κ1) is 35.3. The van der Waals surface area contributed by atoms with Gasteiger partial charge >= 0.3 is 30.3 Å². The Labute approximate surface area is 204 Å². The van der Waals surface area contributed by atoms with Crippen LogP contribution in [0, 0.1) is 0 Å². The molecule has 0 bridgehead atoms. The van der Waals surface area contributed by atoms with E-state index in [2.05, 4.69) is 10.3 Å². The minimum absolute atomic E-state index is 0.0169. The second-order valence-corrected chi connectivity index (χ2v) is 7.00. The summed E-state index contributed by atoms with van der Waals surface area (Å²) in [6, 6.07) is -5.75. The van der Waals surface area contributed by atoms with Crippen molar-refractivity contribution in [1.82, 2.24) is 16.0 Å². The van der Waals surface area contributed by atoms with Gasteiger partial charge in [0.2, 0.25) is 11.8 Å². The Bertz CT molecular complexity index is 832. The van der Waals surface area contributed by atoms with Crippen LogP contribution >= 0.6 is 0 Å². The third-order valence-corrected chi connectivity index (χ3v) is 3.84. The number of amides is 2. The molecule has 0 fully saturated rings. The summed E-state index contributed by atoms with van der Waals surface area (Å²) in [5, 5.41) is 30.6. The molecule has 0 saturated heterocycles. The predicted molar refractivity (Wildman–Crippen MR) is 111 cm³/mol. The number of guanidine groups is 1. The van der Waals surface area contributed by atoms with Crippen LogP contribution in [-0.4, -0.2) is 94.6 Å². The number of nitrogens with zero attached hydrogens (tertiary/aromatic N) is 1. The molecular weight excluding hydrogens is 530 g/mol. The molecule has 0 aromatic carbocycles. The number of alkyl halides is 6. The number of hydrogen-bond donors (Lipinski definition) is 8. The molecule has 0 aromatic heterocycles. The van der Waals surface area contributed by atoms with Gasteiger partial charge in [0.25, 0.3) is 0 Å². The lowest BCUT2D eigenvalue weighted by Crippen LogP contribution is -2.57. The summed E-state index contributed by atoms with van der Waals surface area (Å²) in [6.07, 6.45) is -10.9. The summed E-state index contributed by atoms with van der Waals surface area (Å²) in [6.45, 7) is 0.142. The number of aliphatic carboxylic acids is 3. The summed E-state index contributed by atoms with van der Waals surface area (Å²) in [5.74, 6) is -7.91. The fraction of sp³-hybridized carbons (Fsp3) is 0.647. The maximum absolute atomic E-state index is 13.2. The highest BCUT2D eigenvalue weighted by atomic mass is 19.4. The highest BCUT2D eigenvalue weighted by Gasteiger charge is 2.42. The van der Waals surface area contributed by atoms with Gasteiger partial charge in [0.15, 0.2) is 5.96 Å². The predicted octanol–water partition coefficient (Wildman–Crippen LogP) is -1.26. The second kappa shape index (κ2) is 16.0. The molecule has 37 heavy (non-hydrogen) atoms. The number of carboxylic acid groups (broad SMARTS) is 3. The van der Waals surface area contributed by atoms with Crippen molar-refractivity contribution in [2.24, 2.45) is 16.5 Å². The van der Waals surface area contributed by atoms with E-state index in [1.165, 1.54) is 0 Å². The van der Waals surface area contributed by atoms with E-state index >= 15 is 0 Å². The van der Waals surface area contributed by atoms with Gasteiger partial charge < -0.3 is 37.4 Å². The van der Waals surface area contributed by atoms with E-state index in [9.17, 15) is 45.5 Å². The number of hydrogen-bond acceptors (Lipinski definition) is 7. The minimum Gasteiger partial charge on any atom is -0.481 e. The number of nitrogens with one attached hydrogen (secondary N) is 3. The molecule has 0 saturated carbocycles. The van der Waals surface area contributed by atoms with Crippen molar-refractivity contribution >= 4 is 35.7 Å². The molecule has 2 amide bonds. The van der Waals surface area contributed by atoms with Gasteiger partial charge in [-0.25, -0.2) is 4.79 Å². The van der Waals surface area contributed by atoms with E-state index in [0.29, 0.717) is 0 Å². The van der Waals surface area contributed by atoms with Gasteiger partial charge in [-0.05, 0) is 12.8 Å². The summed E-state index contributed by atoms with van der Waals surface area (Å²) in [4.78, 5) is 57.7. The van der Waals surface area contributed by atoms with Crippen LogP contribution in [0.5, 0.6) is 0 Å². The normalized spacial score (nSPS) is 13.6. The fourth-order valence-electron chi connectivity index (χ4n) is 2.25. The molecule has 0 rings (SSSR count). The Morgan fingerprint density at radius 3 is 1.81 bits per heavy atom. The van der Waals surface area contributed by atoms with Gasteiger partial charge in [-0.15, -0.1) is 0 Å². The SMILES string of the molecule is CC(=O)N[C@@H](CCCN=C(N)N)C(=O)NC[C@H](N[C@@H](CC(=O)O)C(=O)O)C(F)(F)F.O=C(O)C(F)(F)F. The molecule has 0 aromatic rings. The Balaban J connectivity index is 0. The van der Waals surface area contributed by atoms with Crippen molar-refractivity contribution in [3.05, 3.63) is 0 Å². The Kier molecular flexibility index (Phi) is 15.3. The molecule has 0 aliphatic carbocycles. The van der Waals surface area contributed by atoms with Crippen LogP contribution in [0.4, 0.5) is 26.3 Å². The molecule has 0 radical (unpaired) electrons. The molecular formula is C17H26F6N6O8. The van der Waals surface area contributed by atoms with Crippen molar-refractivity contribution in [2.75, 3.05) is 13.1 Å².